The van der Waals surface area contributed by atoms with E-state index in [1.807, 2.05) is 6.92 Å². The maximum atomic E-state index is 12.3. The zero-order valence-corrected chi connectivity index (χ0v) is 13.5. The van der Waals surface area contributed by atoms with Gasteiger partial charge in [0.05, 0.1) is 5.37 Å². The Kier molecular flexibility index (Phi) is 8.04. The Labute approximate surface area is 126 Å². The molecule has 1 fully saturated rings. The molecule has 20 heavy (non-hydrogen) atoms. The molecule has 0 aromatic heterocycles. The van der Waals surface area contributed by atoms with Gasteiger partial charge in [-0.05, 0) is 12.8 Å². The first-order valence-corrected chi connectivity index (χ1v) is 8.82. The van der Waals surface area contributed by atoms with E-state index in [1.165, 1.54) is 25.7 Å². The molecule has 1 heterocycles. The smallest absolute Gasteiger partial charge is 0.327 e. The standard InChI is InChI=1S/C15H27NO3S/c1-3-5-6-7-8-9-10-13(17)16-12(15(18)19)11-20-14(16)4-2/h12,14H,3-11H2,1-2H3,(H,18,19). The van der Waals surface area contributed by atoms with Crippen molar-refractivity contribution in [1.29, 1.82) is 0 Å². The van der Waals surface area contributed by atoms with Crippen LogP contribution in [0.2, 0.25) is 0 Å². The fourth-order valence-electron chi connectivity index (χ4n) is 2.59. The van der Waals surface area contributed by atoms with E-state index in [1.54, 1.807) is 16.7 Å². The summed E-state index contributed by atoms with van der Waals surface area (Å²) in [6.07, 6.45) is 8.16. The van der Waals surface area contributed by atoms with Crippen LogP contribution >= 0.6 is 11.8 Å². The van der Waals surface area contributed by atoms with Crippen LogP contribution in [0.3, 0.4) is 0 Å². The number of thioether (sulfide) groups is 1. The molecule has 1 aliphatic rings. The van der Waals surface area contributed by atoms with Crippen molar-refractivity contribution < 1.29 is 14.7 Å². The number of carboxylic acid groups (broad SMARTS) is 1. The number of aliphatic carboxylic acids is 1. The summed E-state index contributed by atoms with van der Waals surface area (Å²) in [5, 5.41) is 9.25. The predicted octanol–water partition coefficient (Wildman–Crippen LogP) is 3.50. The van der Waals surface area contributed by atoms with Gasteiger partial charge in [-0.3, -0.25) is 4.79 Å². The molecule has 0 saturated carbocycles. The summed E-state index contributed by atoms with van der Waals surface area (Å²) in [5.41, 5.74) is 0. The third-order valence-electron chi connectivity index (χ3n) is 3.76. The van der Waals surface area contributed by atoms with Crippen LogP contribution in [0.1, 0.15) is 65.2 Å². The highest BCUT2D eigenvalue weighted by molar-refractivity contribution is 8.00. The Morgan fingerprint density at radius 2 is 1.80 bits per heavy atom. The number of carbonyl (C=O) groups excluding carboxylic acids is 1. The van der Waals surface area contributed by atoms with Crippen LogP contribution in [0, 0.1) is 0 Å². The fourth-order valence-corrected chi connectivity index (χ4v) is 3.96. The van der Waals surface area contributed by atoms with Gasteiger partial charge in [0.2, 0.25) is 5.91 Å². The van der Waals surface area contributed by atoms with Crippen LogP contribution < -0.4 is 0 Å². The lowest BCUT2D eigenvalue weighted by Crippen LogP contribution is -2.45. The first-order valence-electron chi connectivity index (χ1n) is 7.77. The molecule has 2 unspecified atom stereocenters. The molecule has 0 spiro atoms. The van der Waals surface area contributed by atoms with E-state index in [4.69, 9.17) is 0 Å². The van der Waals surface area contributed by atoms with E-state index >= 15 is 0 Å². The quantitative estimate of drug-likeness (QED) is 0.662. The Balaban J connectivity index is 2.37. The number of carboxylic acids is 1. The van der Waals surface area contributed by atoms with Gasteiger partial charge < -0.3 is 10.0 Å². The number of rotatable bonds is 9. The van der Waals surface area contributed by atoms with Gasteiger partial charge in [0.15, 0.2) is 0 Å². The van der Waals surface area contributed by atoms with Gasteiger partial charge in [-0.15, -0.1) is 11.8 Å². The van der Waals surface area contributed by atoms with Crippen molar-refractivity contribution in [3.05, 3.63) is 0 Å². The summed E-state index contributed by atoms with van der Waals surface area (Å²) in [4.78, 5) is 25.1. The fraction of sp³-hybridized carbons (Fsp3) is 0.867. The van der Waals surface area contributed by atoms with Crippen molar-refractivity contribution in [3.63, 3.8) is 0 Å². The van der Waals surface area contributed by atoms with Crippen molar-refractivity contribution in [3.8, 4) is 0 Å². The van der Waals surface area contributed by atoms with Crippen molar-refractivity contribution in [2.24, 2.45) is 0 Å². The third-order valence-corrected chi connectivity index (χ3v) is 5.21. The van der Waals surface area contributed by atoms with E-state index < -0.39 is 12.0 Å². The molecule has 1 aliphatic heterocycles. The summed E-state index contributed by atoms with van der Waals surface area (Å²) < 4.78 is 0. The van der Waals surface area contributed by atoms with Crippen LogP contribution in [0.15, 0.2) is 0 Å². The molecular weight excluding hydrogens is 274 g/mol. The van der Waals surface area contributed by atoms with Gasteiger partial charge in [0, 0.05) is 12.2 Å². The van der Waals surface area contributed by atoms with Crippen LogP contribution in [0.4, 0.5) is 0 Å². The van der Waals surface area contributed by atoms with E-state index in [9.17, 15) is 14.7 Å². The normalized spacial score (nSPS) is 22.2. The average molecular weight is 301 g/mol. The minimum Gasteiger partial charge on any atom is -0.480 e. The lowest BCUT2D eigenvalue weighted by molar-refractivity contribution is -0.149. The SMILES string of the molecule is CCCCCCCCC(=O)N1C(CC)SCC1C(=O)O. The Morgan fingerprint density at radius 3 is 2.40 bits per heavy atom. The van der Waals surface area contributed by atoms with Crippen LogP contribution in [0.5, 0.6) is 0 Å². The second kappa shape index (κ2) is 9.27. The van der Waals surface area contributed by atoms with Gasteiger partial charge >= 0.3 is 5.97 Å². The van der Waals surface area contributed by atoms with Crippen LogP contribution in [-0.2, 0) is 9.59 Å². The number of unbranched alkanes of at least 4 members (excludes halogenated alkanes) is 5. The Morgan fingerprint density at radius 1 is 1.15 bits per heavy atom. The first kappa shape index (κ1) is 17.3. The van der Waals surface area contributed by atoms with E-state index in [2.05, 4.69) is 6.92 Å². The molecule has 5 heteroatoms. The Bertz CT molecular complexity index is 322. The average Bonchev–Trinajstić information content (AvgIpc) is 2.86. The summed E-state index contributed by atoms with van der Waals surface area (Å²) in [7, 11) is 0. The summed E-state index contributed by atoms with van der Waals surface area (Å²) >= 11 is 1.59. The minimum absolute atomic E-state index is 0.0183. The van der Waals surface area contributed by atoms with Gasteiger partial charge in [-0.1, -0.05) is 46.0 Å². The van der Waals surface area contributed by atoms with Crippen LogP contribution in [-0.4, -0.2) is 39.1 Å². The molecule has 1 saturated heterocycles. The molecule has 1 N–H and O–H groups in total. The summed E-state index contributed by atoms with van der Waals surface area (Å²) in [6, 6.07) is -0.627. The highest BCUT2D eigenvalue weighted by Crippen LogP contribution is 2.32. The molecule has 0 aromatic rings. The third kappa shape index (κ3) is 5.00. The summed E-state index contributed by atoms with van der Waals surface area (Å²) in [5.74, 6) is -0.328. The molecule has 4 nitrogen and oxygen atoms in total. The number of hydrogen-bond acceptors (Lipinski definition) is 3. The topological polar surface area (TPSA) is 57.6 Å². The number of carbonyl (C=O) groups is 2. The number of nitrogens with zero attached hydrogens (tertiary/aromatic N) is 1. The van der Waals surface area contributed by atoms with Crippen LogP contribution in [0.25, 0.3) is 0 Å². The molecule has 0 bridgehead atoms. The largest absolute Gasteiger partial charge is 0.480 e. The highest BCUT2D eigenvalue weighted by atomic mass is 32.2. The van der Waals surface area contributed by atoms with E-state index in [-0.39, 0.29) is 11.3 Å². The van der Waals surface area contributed by atoms with Gasteiger partial charge in [-0.25, -0.2) is 4.79 Å². The molecule has 0 aliphatic carbocycles. The van der Waals surface area contributed by atoms with Crippen molar-refractivity contribution in [2.45, 2.75) is 76.6 Å². The maximum absolute atomic E-state index is 12.3. The maximum Gasteiger partial charge on any atom is 0.327 e. The Hall–Kier alpha value is -0.710. The second-order valence-corrected chi connectivity index (χ2v) is 6.58. The highest BCUT2D eigenvalue weighted by Gasteiger charge is 2.40. The van der Waals surface area contributed by atoms with Crippen molar-refractivity contribution >= 4 is 23.6 Å². The zero-order valence-electron chi connectivity index (χ0n) is 12.6. The van der Waals surface area contributed by atoms with Gasteiger partial charge in [0.1, 0.15) is 6.04 Å². The second-order valence-electron chi connectivity index (χ2n) is 5.37. The summed E-state index contributed by atoms with van der Waals surface area (Å²) in [6.45, 7) is 4.19. The number of hydrogen-bond donors (Lipinski definition) is 1. The molecule has 1 amide bonds. The lowest BCUT2D eigenvalue weighted by atomic mass is 10.1. The van der Waals surface area contributed by atoms with Crippen molar-refractivity contribution in [2.75, 3.05) is 5.75 Å². The molecule has 2 atom stereocenters. The molecular formula is C15H27NO3S. The molecule has 116 valence electrons. The first-order chi connectivity index (χ1) is 9.61. The monoisotopic (exact) mass is 301 g/mol. The lowest BCUT2D eigenvalue weighted by Gasteiger charge is -2.26. The minimum atomic E-state index is -0.871. The van der Waals surface area contributed by atoms with Gasteiger partial charge in [-0.2, -0.15) is 0 Å². The van der Waals surface area contributed by atoms with Gasteiger partial charge in [0.25, 0.3) is 0 Å². The van der Waals surface area contributed by atoms with E-state index in [0.29, 0.717) is 12.2 Å². The molecule has 0 radical (unpaired) electrons. The van der Waals surface area contributed by atoms with E-state index in [0.717, 1.165) is 19.3 Å². The molecule has 1 rings (SSSR count). The number of amides is 1. The zero-order chi connectivity index (χ0) is 15.0. The molecule has 0 aromatic carbocycles. The predicted molar refractivity (Wildman–Crippen MR) is 82.8 cm³/mol. The van der Waals surface area contributed by atoms with Crippen molar-refractivity contribution in [1.82, 2.24) is 4.90 Å².